The molecular weight excluding hydrogens is 454 g/mol. The van der Waals surface area contributed by atoms with Crippen LogP contribution in [0.2, 0.25) is 0 Å². The van der Waals surface area contributed by atoms with Crippen LogP contribution >= 0.6 is 0 Å². The predicted octanol–water partition coefficient (Wildman–Crippen LogP) is 4.49. The van der Waals surface area contributed by atoms with Gasteiger partial charge in [-0.05, 0) is 50.3 Å². The highest BCUT2D eigenvalue weighted by Gasteiger charge is 2.47. The molecule has 7 rings (SSSR count). The summed E-state index contributed by atoms with van der Waals surface area (Å²) in [5, 5.41) is 6.07. The lowest BCUT2D eigenvalue weighted by molar-refractivity contribution is -0.122. The van der Waals surface area contributed by atoms with Crippen molar-refractivity contribution in [3.63, 3.8) is 0 Å². The minimum absolute atomic E-state index is 0.0706. The van der Waals surface area contributed by atoms with Gasteiger partial charge in [-0.25, -0.2) is 9.97 Å². The lowest BCUT2D eigenvalue weighted by Gasteiger charge is -2.31. The summed E-state index contributed by atoms with van der Waals surface area (Å²) >= 11 is 0. The highest BCUT2D eigenvalue weighted by atomic mass is 16.5. The molecule has 3 aromatic rings. The van der Waals surface area contributed by atoms with Crippen molar-refractivity contribution in [2.45, 2.75) is 75.9 Å². The molecule has 2 saturated carbocycles. The number of imidazole rings is 1. The van der Waals surface area contributed by atoms with Gasteiger partial charge >= 0.3 is 0 Å². The molecule has 2 amide bonds. The van der Waals surface area contributed by atoms with Crippen LogP contribution in [0.25, 0.3) is 22.3 Å². The van der Waals surface area contributed by atoms with E-state index in [1.54, 1.807) is 0 Å². The molecule has 1 aromatic carbocycles. The third-order valence-electron chi connectivity index (χ3n) is 8.65. The summed E-state index contributed by atoms with van der Waals surface area (Å²) in [6.45, 7) is 2.63. The monoisotopic (exact) mass is 485 g/mol. The van der Waals surface area contributed by atoms with E-state index in [-0.39, 0.29) is 29.3 Å². The first kappa shape index (κ1) is 21.8. The number of anilines is 1. The number of pyridine rings is 1. The molecule has 4 aliphatic rings. The molecule has 186 valence electrons. The first-order valence-electron chi connectivity index (χ1n) is 13.3. The van der Waals surface area contributed by atoms with Crippen LogP contribution in [0.1, 0.15) is 69.9 Å². The smallest absolute Gasteiger partial charge is 0.241 e. The van der Waals surface area contributed by atoms with Crippen molar-refractivity contribution >= 4 is 28.5 Å². The van der Waals surface area contributed by atoms with E-state index in [4.69, 9.17) is 14.7 Å². The van der Waals surface area contributed by atoms with E-state index in [1.165, 1.54) is 6.42 Å². The number of fused-ring (bicyclic) bond motifs is 3. The molecule has 8 heteroatoms. The normalized spacial score (nSPS) is 23.5. The molecular formula is C28H31N5O3. The number of carbonyl (C=O) groups excluding carboxylic acids is 2. The average Bonchev–Trinajstić information content (AvgIpc) is 3.39. The zero-order valence-corrected chi connectivity index (χ0v) is 20.5. The summed E-state index contributed by atoms with van der Waals surface area (Å²) in [5.74, 6) is 0.879. The standard InChI is InChI=1S/C28H31N5O3/c1-16(18-12-24(34)29-14-18)36-26-25-23(30-15-33(25)19-6-7-19)13-21(31-26)17-5-8-20-22(11-17)32-27(35)28(20)9-3-2-4-10-28/h5,8,11,13,15-16,18-19H,2-4,6-7,9-10,12,14H2,1H3,(H,29,34)(H,32,35)/t16-,18-/m1/s1. The zero-order valence-electron chi connectivity index (χ0n) is 20.5. The topological polar surface area (TPSA) is 98.1 Å². The summed E-state index contributed by atoms with van der Waals surface area (Å²) < 4.78 is 8.65. The molecule has 0 bridgehead atoms. The second-order valence-corrected chi connectivity index (χ2v) is 11.0. The third-order valence-corrected chi connectivity index (χ3v) is 8.65. The fourth-order valence-electron chi connectivity index (χ4n) is 6.36. The number of hydrogen-bond acceptors (Lipinski definition) is 5. The fourth-order valence-corrected chi connectivity index (χ4v) is 6.36. The van der Waals surface area contributed by atoms with Gasteiger partial charge in [0, 0.05) is 36.2 Å². The summed E-state index contributed by atoms with van der Waals surface area (Å²) in [5.41, 5.74) is 5.12. The molecule has 36 heavy (non-hydrogen) atoms. The van der Waals surface area contributed by atoms with E-state index in [2.05, 4.69) is 33.4 Å². The number of benzene rings is 1. The Morgan fingerprint density at radius 1 is 1.14 bits per heavy atom. The van der Waals surface area contributed by atoms with Crippen molar-refractivity contribution in [3.8, 4) is 17.1 Å². The Morgan fingerprint density at radius 2 is 1.97 bits per heavy atom. The Balaban J connectivity index is 1.28. The van der Waals surface area contributed by atoms with Gasteiger partial charge in [0.05, 0.1) is 23.0 Å². The molecule has 1 saturated heterocycles. The minimum Gasteiger partial charge on any atom is -0.473 e. The Morgan fingerprint density at radius 3 is 2.72 bits per heavy atom. The fraction of sp³-hybridized carbons (Fsp3) is 0.500. The first-order valence-corrected chi connectivity index (χ1v) is 13.3. The molecule has 1 spiro atoms. The largest absolute Gasteiger partial charge is 0.473 e. The maximum Gasteiger partial charge on any atom is 0.241 e. The van der Waals surface area contributed by atoms with Gasteiger partial charge in [0.25, 0.3) is 0 Å². The lowest BCUT2D eigenvalue weighted by atomic mass is 9.70. The van der Waals surface area contributed by atoms with Crippen molar-refractivity contribution in [3.05, 3.63) is 36.2 Å². The third kappa shape index (κ3) is 3.41. The van der Waals surface area contributed by atoms with E-state index >= 15 is 0 Å². The second kappa shape index (κ2) is 8.05. The number of amides is 2. The maximum absolute atomic E-state index is 13.0. The summed E-state index contributed by atoms with van der Waals surface area (Å²) in [6.07, 6.45) is 9.69. The highest BCUT2D eigenvalue weighted by Crippen LogP contribution is 2.48. The van der Waals surface area contributed by atoms with Crippen LogP contribution in [0.3, 0.4) is 0 Å². The molecule has 2 aliphatic heterocycles. The van der Waals surface area contributed by atoms with E-state index in [1.807, 2.05) is 19.3 Å². The van der Waals surface area contributed by atoms with Gasteiger partial charge < -0.3 is 19.9 Å². The van der Waals surface area contributed by atoms with Crippen molar-refractivity contribution in [1.29, 1.82) is 0 Å². The minimum atomic E-state index is -0.372. The first-order chi connectivity index (χ1) is 17.5. The van der Waals surface area contributed by atoms with Crippen molar-refractivity contribution in [2.75, 3.05) is 11.9 Å². The van der Waals surface area contributed by atoms with Crippen LogP contribution in [0.4, 0.5) is 5.69 Å². The van der Waals surface area contributed by atoms with Crippen LogP contribution < -0.4 is 15.4 Å². The van der Waals surface area contributed by atoms with Crippen molar-refractivity contribution < 1.29 is 14.3 Å². The molecule has 0 unspecified atom stereocenters. The van der Waals surface area contributed by atoms with Crippen LogP contribution in [0.15, 0.2) is 30.6 Å². The lowest BCUT2D eigenvalue weighted by Crippen LogP contribution is -2.36. The highest BCUT2D eigenvalue weighted by molar-refractivity contribution is 6.07. The van der Waals surface area contributed by atoms with E-state index in [0.29, 0.717) is 24.9 Å². The molecule has 3 fully saturated rings. The number of carbonyl (C=O) groups is 2. The second-order valence-electron chi connectivity index (χ2n) is 11.0. The summed E-state index contributed by atoms with van der Waals surface area (Å²) in [7, 11) is 0. The van der Waals surface area contributed by atoms with Crippen LogP contribution in [-0.2, 0) is 15.0 Å². The molecule has 0 radical (unpaired) electrons. The number of nitrogens with one attached hydrogen (secondary N) is 2. The van der Waals surface area contributed by atoms with Gasteiger partial charge in [0.1, 0.15) is 11.6 Å². The quantitative estimate of drug-likeness (QED) is 0.555. The zero-order chi connectivity index (χ0) is 24.4. The van der Waals surface area contributed by atoms with E-state index < -0.39 is 0 Å². The Bertz CT molecular complexity index is 1390. The number of hydrogen-bond donors (Lipinski definition) is 2. The average molecular weight is 486 g/mol. The Hall–Kier alpha value is -3.42. The summed E-state index contributed by atoms with van der Waals surface area (Å²) in [4.78, 5) is 34.5. The van der Waals surface area contributed by atoms with Gasteiger partial charge in [-0.2, -0.15) is 0 Å². The number of ether oxygens (including phenoxy) is 1. The maximum atomic E-state index is 13.0. The summed E-state index contributed by atoms with van der Waals surface area (Å²) in [6, 6.07) is 8.70. The van der Waals surface area contributed by atoms with Crippen molar-refractivity contribution in [2.24, 2.45) is 5.92 Å². The molecule has 2 atom stereocenters. The molecule has 2 aromatic heterocycles. The molecule has 4 heterocycles. The Kier molecular flexibility index (Phi) is 4.88. The number of rotatable bonds is 5. The van der Waals surface area contributed by atoms with Crippen molar-refractivity contribution in [1.82, 2.24) is 19.9 Å². The molecule has 2 aliphatic carbocycles. The van der Waals surface area contributed by atoms with Gasteiger partial charge in [-0.1, -0.05) is 31.4 Å². The van der Waals surface area contributed by atoms with Crippen LogP contribution in [0, 0.1) is 5.92 Å². The molecule has 2 N–H and O–H groups in total. The van der Waals surface area contributed by atoms with Gasteiger partial charge in [0.2, 0.25) is 17.7 Å². The van der Waals surface area contributed by atoms with Gasteiger partial charge in [-0.15, -0.1) is 0 Å². The number of nitrogens with zero attached hydrogens (tertiary/aromatic N) is 3. The SMILES string of the molecule is C[C@@H](Oc1nc(-c2ccc3c(c2)NC(=O)C32CCCCC2)cc2ncn(C3CC3)c12)[C@H]1CNC(=O)C1. The van der Waals surface area contributed by atoms with Crippen LogP contribution in [-0.4, -0.2) is 39.0 Å². The number of aromatic nitrogens is 3. The Labute approximate surface area is 209 Å². The van der Waals surface area contributed by atoms with E-state index in [9.17, 15) is 9.59 Å². The van der Waals surface area contributed by atoms with Gasteiger partial charge in [-0.3, -0.25) is 9.59 Å². The van der Waals surface area contributed by atoms with E-state index in [0.717, 1.165) is 72.1 Å². The molecule has 8 nitrogen and oxygen atoms in total. The van der Waals surface area contributed by atoms with Gasteiger partial charge in [0.15, 0.2) is 0 Å². The van der Waals surface area contributed by atoms with Crippen LogP contribution in [0.5, 0.6) is 5.88 Å². The predicted molar refractivity (Wildman–Crippen MR) is 136 cm³/mol.